The van der Waals surface area contributed by atoms with Crippen LogP contribution < -0.4 is 0 Å². The zero-order valence-electron chi connectivity index (χ0n) is 6.85. The summed E-state index contributed by atoms with van der Waals surface area (Å²) in [5.74, 6) is 6.74. The summed E-state index contributed by atoms with van der Waals surface area (Å²) >= 11 is 11.4. The summed E-state index contributed by atoms with van der Waals surface area (Å²) in [6, 6.07) is 1.74. The van der Waals surface area contributed by atoms with Crippen LogP contribution >= 0.6 is 23.2 Å². The Morgan fingerprint density at radius 2 is 2.15 bits per heavy atom. The maximum Gasteiger partial charge on any atom is 0.147 e. The average molecular weight is 212 g/mol. The van der Waals surface area contributed by atoms with Crippen molar-refractivity contribution in [2.45, 2.75) is 12.8 Å². The van der Waals surface area contributed by atoms with E-state index < -0.39 is 0 Å². The van der Waals surface area contributed by atoms with Crippen LogP contribution in [-0.2, 0) is 0 Å². The highest BCUT2D eigenvalue weighted by atomic mass is 35.5. The molecule has 0 aromatic carbocycles. The van der Waals surface area contributed by atoms with Gasteiger partial charge < -0.3 is 0 Å². The van der Waals surface area contributed by atoms with Gasteiger partial charge in [-0.1, -0.05) is 35.0 Å². The van der Waals surface area contributed by atoms with Crippen LogP contribution in [0.2, 0.25) is 10.2 Å². The van der Waals surface area contributed by atoms with E-state index in [9.17, 15) is 0 Å². The van der Waals surface area contributed by atoms with E-state index in [2.05, 4.69) is 16.8 Å². The van der Waals surface area contributed by atoms with Gasteiger partial charge in [-0.25, -0.2) is 4.98 Å². The van der Waals surface area contributed by atoms with E-state index in [1.54, 1.807) is 12.3 Å². The van der Waals surface area contributed by atoms with E-state index in [-0.39, 0.29) is 0 Å². The Bertz CT molecular complexity index is 386. The molecule has 0 saturated heterocycles. The molecule has 1 saturated carbocycles. The molecule has 0 atom stereocenters. The van der Waals surface area contributed by atoms with Crippen molar-refractivity contribution in [2.75, 3.05) is 0 Å². The lowest BCUT2D eigenvalue weighted by Crippen LogP contribution is -1.80. The van der Waals surface area contributed by atoms with Crippen LogP contribution in [0.5, 0.6) is 0 Å². The number of halogens is 2. The topological polar surface area (TPSA) is 12.9 Å². The Morgan fingerprint density at radius 1 is 1.38 bits per heavy atom. The minimum atomic E-state index is 0.332. The molecular weight excluding hydrogens is 205 g/mol. The number of hydrogen-bond donors (Lipinski definition) is 0. The number of aromatic nitrogens is 1. The third-order valence-corrected chi connectivity index (χ3v) is 2.48. The highest BCUT2D eigenvalue weighted by Gasteiger charge is 2.17. The van der Waals surface area contributed by atoms with Crippen LogP contribution in [0.4, 0.5) is 0 Å². The summed E-state index contributed by atoms with van der Waals surface area (Å²) in [7, 11) is 0. The van der Waals surface area contributed by atoms with Gasteiger partial charge in [0.15, 0.2) is 0 Å². The molecule has 1 aromatic heterocycles. The quantitative estimate of drug-likeness (QED) is 0.475. The van der Waals surface area contributed by atoms with Crippen LogP contribution in [0.1, 0.15) is 18.4 Å². The number of pyridine rings is 1. The van der Waals surface area contributed by atoms with Crippen molar-refractivity contribution >= 4 is 23.2 Å². The molecule has 3 heteroatoms. The first kappa shape index (κ1) is 8.87. The van der Waals surface area contributed by atoms with Gasteiger partial charge in [0.25, 0.3) is 0 Å². The molecule has 1 aliphatic carbocycles. The first-order valence-corrected chi connectivity index (χ1v) is 4.84. The summed E-state index contributed by atoms with van der Waals surface area (Å²) in [5, 5.41) is 0.794. The Hall–Kier alpha value is -0.710. The van der Waals surface area contributed by atoms with Crippen molar-refractivity contribution in [1.29, 1.82) is 0 Å². The fourth-order valence-electron chi connectivity index (χ4n) is 0.903. The van der Waals surface area contributed by atoms with Crippen LogP contribution in [0.3, 0.4) is 0 Å². The second-order valence-corrected chi connectivity index (χ2v) is 3.81. The first-order valence-electron chi connectivity index (χ1n) is 4.08. The molecule has 1 aromatic rings. The van der Waals surface area contributed by atoms with Gasteiger partial charge in [0.05, 0.1) is 5.02 Å². The molecule has 66 valence electrons. The van der Waals surface area contributed by atoms with E-state index >= 15 is 0 Å². The zero-order chi connectivity index (χ0) is 9.26. The minimum absolute atomic E-state index is 0.332. The van der Waals surface area contributed by atoms with E-state index in [1.165, 1.54) is 12.8 Å². The van der Waals surface area contributed by atoms with E-state index in [1.807, 2.05) is 0 Å². The monoisotopic (exact) mass is 211 g/mol. The molecule has 2 rings (SSSR count). The normalized spacial score (nSPS) is 14.9. The molecule has 0 radical (unpaired) electrons. The third kappa shape index (κ3) is 2.37. The molecule has 1 nitrogen and oxygen atoms in total. The summed E-state index contributed by atoms with van der Waals surface area (Å²) < 4.78 is 0. The summed E-state index contributed by atoms with van der Waals surface area (Å²) in [6.07, 6.45) is 4.09. The number of hydrogen-bond acceptors (Lipinski definition) is 1. The fourth-order valence-corrected chi connectivity index (χ4v) is 1.17. The molecule has 0 spiro atoms. The predicted molar refractivity (Wildman–Crippen MR) is 53.9 cm³/mol. The maximum absolute atomic E-state index is 5.78. The predicted octanol–water partition coefficient (Wildman–Crippen LogP) is 3.15. The largest absolute Gasteiger partial charge is 0.242 e. The number of nitrogens with zero attached hydrogens (tertiary/aromatic N) is 1. The summed E-state index contributed by atoms with van der Waals surface area (Å²) in [6.45, 7) is 0. The Balaban J connectivity index is 2.22. The molecule has 0 bridgehead atoms. The van der Waals surface area contributed by atoms with Gasteiger partial charge in [-0.2, -0.15) is 0 Å². The van der Waals surface area contributed by atoms with Crippen molar-refractivity contribution in [3.8, 4) is 11.8 Å². The van der Waals surface area contributed by atoms with Crippen LogP contribution in [0.15, 0.2) is 12.3 Å². The lowest BCUT2D eigenvalue weighted by molar-refractivity contribution is 1.18. The van der Waals surface area contributed by atoms with Gasteiger partial charge in [-0.15, -0.1) is 0 Å². The highest BCUT2D eigenvalue weighted by molar-refractivity contribution is 6.41. The zero-order valence-corrected chi connectivity index (χ0v) is 8.36. The molecule has 0 N–H and O–H groups in total. The van der Waals surface area contributed by atoms with Gasteiger partial charge in [0.2, 0.25) is 0 Å². The number of rotatable bonds is 0. The standard InChI is InChI=1S/C10H7Cl2N/c11-9-5-8(6-13-10(9)12)4-3-7-1-2-7/h5-7H,1-2H2. The molecule has 0 amide bonds. The van der Waals surface area contributed by atoms with Crippen molar-refractivity contribution < 1.29 is 0 Å². The summed E-state index contributed by atoms with van der Waals surface area (Å²) in [4.78, 5) is 3.91. The van der Waals surface area contributed by atoms with E-state index in [0.717, 1.165) is 5.56 Å². The van der Waals surface area contributed by atoms with Crippen molar-refractivity contribution in [3.05, 3.63) is 28.0 Å². The molecule has 1 heterocycles. The van der Waals surface area contributed by atoms with Crippen molar-refractivity contribution in [2.24, 2.45) is 5.92 Å². The molecule has 0 unspecified atom stereocenters. The van der Waals surface area contributed by atoms with Gasteiger partial charge in [-0.3, -0.25) is 0 Å². The van der Waals surface area contributed by atoms with E-state index in [4.69, 9.17) is 23.2 Å². The van der Waals surface area contributed by atoms with E-state index in [0.29, 0.717) is 16.1 Å². The van der Waals surface area contributed by atoms with Crippen LogP contribution in [-0.4, -0.2) is 4.98 Å². The SMILES string of the molecule is Clc1cc(C#CC2CC2)cnc1Cl. The minimum Gasteiger partial charge on any atom is -0.242 e. The molecule has 0 aliphatic heterocycles. The average Bonchev–Trinajstić information content (AvgIpc) is 2.91. The maximum atomic E-state index is 5.78. The van der Waals surface area contributed by atoms with Crippen molar-refractivity contribution in [1.82, 2.24) is 4.98 Å². The molecular formula is C10H7Cl2N. The summed E-state index contributed by atoms with van der Waals surface area (Å²) in [5.41, 5.74) is 0.835. The van der Waals surface area contributed by atoms with Gasteiger partial charge in [-0.05, 0) is 18.9 Å². The Labute approximate surface area is 87.1 Å². The fraction of sp³-hybridized carbons (Fsp3) is 0.300. The highest BCUT2D eigenvalue weighted by Crippen LogP contribution is 2.27. The molecule has 1 fully saturated rings. The van der Waals surface area contributed by atoms with Crippen LogP contribution in [0.25, 0.3) is 0 Å². The second-order valence-electron chi connectivity index (χ2n) is 3.04. The Kier molecular flexibility index (Phi) is 2.44. The van der Waals surface area contributed by atoms with Crippen molar-refractivity contribution in [3.63, 3.8) is 0 Å². The van der Waals surface area contributed by atoms with Crippen LogP contribution in [0, 0.1) is 17.8 Å². The molecule has 1 aliphatic rings. The van der Waals surface area contributed by atoms with Gasteiger partial charge >= 0.3 is 0 Å². The molecule has 13 heavy (non-hydrogen) atoms. The second kappa shape index (κ2) is 3.57. The van der Waals surface area contributed by atoms with Gasteiger partial charge in [0, 0.05) is 17.7 Å². The lowest BCUT2D eigenvalue weighted by atomic mass is 10.3. The van der Waals surface area contributed by atoms with Gasteiger partial charge in [0.1, 0.15) is 5.15 Å². The smallest absolute Gasteiger partial charge is 0.147 e. The third-order valence-electron chi connectivity index (χ3n) is 1.79. The first-order chi connectivity index (χ1) is 6.25. The Morgan fingerprint density at radius 3 is 2.77 bits per heavy atom. The lowest BCUT2D eigenvalue weighted by Gasteiger charge is -1.93.